The van der Waals surface area contributed by atoms with Gasteiger partial charge < -0.3 is 5.32 Å². The van der Waals surface area contributed by atoms with E-state index in [9.17, 15) is 23.2 Å². The van der Waals surface area contributed by atoms with Crippen molar-refractivity contribution in [2.24, 2.45) is 5.41 Å². The van der Waals surface area contributed by atoms with Crippen LogP contribution in [-0.2, 0) is 17.4 Å². The molecule has 1 amide bonds. The predicted octanol–water partition coefficient (Wildman–Crippen LogP) is 4.76. The van der Waals surface area contributed by atoms with Crippen molar-refractivity contribution in [3.05, 3.63) is 75.8 Å². The lowest BCUT2D eigenvalue weighted by Gasteiger charge is -2.30. The molecule has 4 rings (SSSR count). The molecule has 0 saturated heterocycles. The second-order valence-electron chi connectivity index (χ2n) is 7.33. The van der Waals surface area contributed by atoms with Crippen molar-refractivity contribution in [2.75, 3.05) is 5.32 Å². The molecule has 3 aromatic rings. The summed E-state index contributed by atoms with van der Waals surface area (Å²) in [6.07, 6.45) is -4.24. The van der Waals surface area contributed by atoms with Crippen LogP contribution in [0.4, 0.5) is 18.3 Å². The van der Waals surface area contributed by atoms with Crippen LogP contribution in [0.25, 0.3) is 0 Å². The Morgan fingerprint density at radius 1 is 1.23 bits per heavy atom. The lowest BCUT2D eigenvalue weighted by Crippen LogP contribution is -2.37. The van der Waals surface area contributed by atoms with E-state index >= 15 is 0 Å². The molecule has 1 aromatic heterocycles. The minimum Gasteiger partial charge on any atom is -0.300 e. The topological polar surface area (TPSA) is 78.7 Å². The predicted molar refractivity (Wildman–Crippen MR) is 105 cm³/mol. The van der Waals surface area contributed by atoms with E-state index in [1.807, 2.05) is 36.4 Å². The van der Waals surface area contributed by atoms with E-state index in [4.69, 9.17) is 0 Å². The molecule has 1 heterocycles. The molecule has 2 atom stereocenters. The number of alkyl halides is 3. The van der Waals surface area contributed by atoms with Gasteiger partial charge in [-0.2, -0.15) is 18.4 Å². The Kier molecular flexibility index (Phi) is 4.82. The number of fused-ring (bicyclic) bond motifs is 1. The fourth-order valence-electron chi connectivity index (χ4n) is 3.97. The van der Waals surface area contributed by atoms with Crippen LogP contribution in [0.2, 0.25) is 0 Å². The average Bonchev–Trinajstić information content (AvgIpc) is 3.30. The van der Waals surface area contributed by atoms with Gasteiger partial charge in [-0.15, -0.1) is 10.2 Å². The summed E-state index contributed by atoms with van der Waals surface area (Å²) in [4.78, 5) is 13.3. The maximum Gasteiger partial charge on any atom is 0.445 e. The van der Waals surface area contributed by atoms with Crippen LogP contribution >= 0.6 is 11.3 Å². The summed E-state index contributed by atoms with van der Waals surface area (Å²) in [6, 6.07) is 16.8. The highest BCUT2D eigenvalue weighted by Gasteiger charge is 2.49. The van der Waals surface area contributed by atoms with Crippen LogP contribution in [0.5, 0.6) is 0 Å². The highest BCUT2D eigenvalue weighted by atomic mass is 32.1. The number of carbonyl (C=O) groups is 1. The van der Waals surface area contributed by atoms with Crippen molar-refractivity contribution in [1.29, 1.82) is 5.26 Å². The van der Waals surface area contributed by atoms with Gasteiger partial charge in [0.1, 0.15) is 0 Å². The van der Waals surface area contributed by atoms with E-state index in [0.29, 0.717) is 23.3 Å². The highest BCUT2D eigenvalue weighted by Crippen LogP contribution is 2.51. The molecule has 2 aromatic carbocycles. The van der Waals surface area contributed by atoms with E-state index < -0.39 is 22.5 Å². The van der Waals surface area contributed by atoms with Gasteiger partial charge in [0, 0.05) is 5.92 Å². The largest absolute Gasteiger partial charge is 0.445 e. The second-order valence-corrected chi connectivity index (χ2v) is 8.31. The molecular formula is C21H15F3N4OS. The molecule has 0 saturated carbocycles. The third kappa shape index (κ3) is 3.44. The van der Waals surface area contributed by atoms with Gasteiger partial charge in [-0.3, -0.25) is 4.79 Å². The van der Waals surface area contributed by atoms with Crippen LogP contribution < -0.4 is 5.32 Å². The van der Waals surface area contributed by atoms with Gasteiger partial charge in [-0.1, -0.05) is 47.7 Å². The first-order chi connectivity index (χ1) is 14.2. The molecule has 0 spiro atoms. The zero-order valence-corrected chi connectivity index (χ0v) is 16.5. The summed E-state index contributed by atoms with van der Waals surface area (Å²) in [5.74, 6) is -0.812. The lowest BCUT2D eigenvalue weighted by molar-refractivity contribution is -0.138. The number of rotatable bonds is 3. The Morgan fingerprint density at radius 2 is 1.97 bits per heavy atom. The van der Waals surface area contributed by atoms with Crippen molar-refractivity contribution in [3.8, 4) is 6.07 Å². The Balaban J connectivity index is 1.72. The zero-order chi connectivity index (χ0) is 21.5. The number of hydrogen-bond acceptors (Lipinski definition) is 5. The SMILES string of the molecule is C[C@]1(C(=O)Nc2nnc(C(F)(F)F)s2)Cc2ccc(C#N)cc2[C@H]1c1ccccc1. The van der Waals surface area contributed by atoms with Crippen molar-refractivity contribution in [1.82, 2.24) is 10.2 Å². The molecule has 30 heavy (non-hydrogen) atoms. The number of amides is 1. The number of hydrogen-bond donors (Lipinski definition) is 1. The van der Waals surface area contributed by atoms with Crippen LogP contribution in [0.15, 0.2) is 48.5 Å². The minimum atomic E-state index is -4.62. The van der Waals surface area contributed by atoms with E-state index in [-0.39, 0.29) is 11.0 Å². The molecule has 9 heteroatoms. The van der Waals surface area contributed by atoms with Gasteiger partial charge in [0.05, 0.1) is 17.0 Å². The number of halogens is 3. The van der Waals surface area contributed by atoms with Gasteiger partial charge >= 0.3 is 6.18 Å². The number of nitrogens with zero attached hydrogens (tertiary/aromatic N) is 3. The normalized spacial score (nSPS) is 20.4. The zero-order valence-electron chi connectivity index (χ0n) is 15.7. The maximum atomic E-state index is 13.3. The van der Waals surface area contributed by atoms with E-state index in [1.54, 1.807) is 19.1 Å². The second kappa shape index (κ2) is 7.22. The molecule has 1 aliphatic rings. The molecule has 0 fully saturated rings. The Hall–Kier alpha value is -3.25. The minimum absolute atomic E-state index is 0.200. The molecule has 152 valence electrons. The molecule has 1 aliphatic carbocycles. The first-order valence-electron chi connectivity index (χ1n) is 9.02. The standard InChI is InChI=1S/C21H15F3N4OS/c1-20(17(29)26-19-28-27-18(30-19)21(22,23)24)10-14-8-7-12(11-25)9-15(14)16(20)13-5-3-2-4-6-13/h2-9,16H,10H2,1H3,(H,26,28,29)/t16-,20+/m1/s1. The van der Waals surface area contributed by atoms with Crippen molar-refractivity contribution in [2.45, 2.75) is 25.4 Å². The van der Waals surface area contributed by atoms with E-state index in [0.717, 1.165) is 16.7 Å². The quantitative estimate of drug-likeness (QED) is 0.652. The summed E-state index contributed by atoms with van der Waals surface area (Å²) in [6.45, 7) is 1.78. The van der Waals surface area contributed by atoms with Crippen molar-refractivity contribution >= 4 is 22.4 Å². The van der Waals surface area contributed by atoms with Crippen LogP contribution in [0, 0.1) is 16.7 Å². The number of aromatic nitrogens is 2. The fourth-order valence-corrected chi connectivity index (χ4v) is 4.57. The average molecular weight is 428 g/mol. The van der Waals surface area contributed by atoms with E-state index in [2.05, 4.69) is 21.6 Å². The summed E-state index contributed by atoms with van der Waals surface area (Å²) < 4.78 is 38.5. The number of carbonyl (C=O) groups excluding carboxylic acids is 1. The van der Waals surface area contributed by atoms with Gasteiger partial charge in [0.15, 0.2) is 0 Å². The smallest absolute Gasteiger partial charge is 0.300 e. The van der Waals surface area contributed by atoms with Crippen molar-refractivity contribution < 1.29 is 18.0 Å². The first kappa shape index (κ1) is 20.0. The summed E-state index contributed by atoms with van der Waals surface area (Å²) in [7, 11) is 0. The monoisotopic (exact) mass is 428 g/mol. The maximum absolute atomic E-state index is 13.3. The van der Waals surface area contributed by atoms with Gasteiger partial charge in [0.2, 0.25) is 16.0 Å². The number of nitriles is 1. The highest BCUT2D eigenvalue weighted by molar-refractivity contribution is 7.15. The summed E-state index contributed by atoms with van der Waals surface area (Å²) in [5, 5.41) is 17.1. The van der Waals surface area contributed by atoms with Gasteiger partial charge in [-0.05, 0) is 42.2 Å². The van der Waals surface area contributed by atoms with Crippen LogP contribution in [-0.4, -0.2) is 16.1 Å². The molecular weight excluding hydrogens is 413 g/mol. The molecule has 0 radical (unpaired) electrons. The Labute approximate surface area is 174 Å². The van der Waals surface area contributed by atoms with Crippen LogP contribution in [0.3, 0.4) is 0 Å². The number of benzene rings is 2. The summed E-state index contributed by atoms with van der Waals surface area (Å²) in [5.41, 5.74) is 2.18. The van der Waals surface area contributed by atoms with Crippen LogP contribution in [0.1, 0.15) is 40.1 Å². The third-order valence-corrected chi connectivity index (χ3v) is 6.20. The molecule has 5 nitrogen and oxygen atoms in total. The third-order valence-electron chi connectivity index (χ3n) is 5.32. The molecule has 0 bridgehead atoms. The lowest BCUT2D eigenvalue weighted by atomic mass is 9.73. The fraction of sp³-hybridized carbons (Fsp3) is 0.238. The summed E-state index contributed by atoms with van der Waals surface area (Å²) >= 11 is 0.290. The Bertz CT molecular complexity index is 1150. The molecule has 0 unspecified atom stereocenters. The Morgan fingerprint density at radius 3 is 2.60 bits per heavy atom. The van der Waals surface area contributed by atoms with Gasteiger partial charge in [0.25, 0.3) is 0 Å². The molecule has 1 N–H and O–H groups in total. The number of anilines is 1. The van der Waals surface area contributed by atoms with Gasteiger partial charge in [-0.25, -0.2) is 0 Å². The number of nitrogens with one attached hydrogen (secondary N) is 1. The molecule has 0 aliphatic heterocycles. The van der Waals surface area contributed by atoms with E-state index in [1.165, 1.54) is 0 Å². The first-order valence-corrected chi connectivity index (χ1v) is 9.84. The van der Waals surface area contributed by atoms with Crippen molar-refractivity contribution in [3.63, 3.8) is 0 Å².